The van der Waals surface area contributed by atoms with E-state index in [0.29, 0.717) is 37.6 Å². The number of nitrogens with zero attached hydrogens (tertiary/aromatic N) is 2. The molecule has 0 spiro atoms. The molecule has 1 aliphatic rings. The summed E-state index contributed by atoms with van der Waals surface area (Å²) in [4.78, 5) is 16.2. The fraction of sp³-hybridized carbons (Fsp3) is 0.364. The Labute approximate surface area is 110 Å². The standard InChI is InChI=1S/C11H14N4O2S/c12-10(18)8-1-2-9(13-7-8)11(16)14-15-3-5-17-6-4-15/h1-2,7H,3-6H2,(H2,12,18)(H,14,16). The number of nitrogens with one attached hydrogen (secondary N) is 1. The fourth-order valence-electron chi connectivity index (χ4n) is 1.55. The van der Waals surface area contributed by atoms with Crippen LogP contribution in [0.1, 0.15) is 16.1 Å². The lowest BCUT2D eigenvalue weighted by atomic mass is 10.2. The number of nitrogens with two attached hydrogens (primary N) is 1. The number of rotatable bonds is 3. The van der Waals surface area contributed by atoms with Gasteiger partial charge in [0.25, 0.3) is 5.91 Å². The molecule has 0 aromatic carbocycles. The van der Waals surface area contributed by atoms with Crippen LogP contribution in [0.25, 0.3) is 0 Å². The molecule has 1 aromatic rings. The minimum atomic E-state index is -0.244. The molecule has 1 aliphatic heterocycles. The smallest absolute Gasteiger partial charge is 0.284 e. The number of hydrazine groups is 1. The monoisotopic (exact) mass is 266 g/mol. The predicted octanol–water partition coefficient (Wildman–Crippen LogP) is -0.307. The summed E-state index contributed by atoms with van der Waals surface area (Å²) in [6, 6.07) is 3.29. The molecule has 0 unspecified atom stereocenters. The zero-order chi connectivity index (χ0) is 13.0. The van der Waals surface area contributed by atoms with Gasteiger partial charge >= 0.3 is 0 Å². The second-order valence-electron chi connectivity index (χ2n) is 3.84. The molecule has 0 bridgehead atoms. The molecular weight excluding hydrogens is 252 g/mol. The molecule has 18 heavy (non-hydrogen) atoms. The molecular formula is C11H14N4O2S. The van der Waals surface area contributed by atoms with E-state index in [9.17, 15) is 4.79 Å². The number of carbonyl (C=O) groups is 1. The Balaban J connectivity index is 1.97. The second kappa shape index (κ2) is 5.85. The highest BCUT2D eigenvalue weighted by atomic mass is 32.1. The summed E-state index contributed by atoms with van der Waals surface area (Å²) < 4.78 is 5.19. The molecule has 1 saturated heterocycles. The van der Waals surface area contributed by atoms with Gasteiger partial charge in [-0.3, -0.25) is 15.2 Å². The van der Waals surface area contributed by atoms with Crippen molar-refractivity contribution < 1.29 is 9.53 Å². The van der Waals surface area contributed by atoms with E-state index in [4.69, 9.17) is 22.7 Å². The first-order valence-electron chi connectivity index (χ1n) is 5.56. The lowest BCUT2D eigenvalue weighted by molar-refractivity contribution is 0.0124. The average Bonchev–Trinajstić information content (AvgIpc) is 2.40. The number of thiocarbonyl (C=S) groups is 1. The van der Waals surface area contributed by atoms with Crippen LogP contribution in [-0.2, 0) is 4.74 Å². The molecule has 3 N–H and O–H groups in total. The van der Waals surface area contributed by atoms with Gasteiger partial charge in [0, 0.05) is 24.8 Å². The Morgan fingerprint density at radius 3 is 2.72 bits per heavy atom. The number of morpholine rings is 1. The first kappa shape index (κ1) is 12.9. The molecule has 1 aromatic heterocycles. The van der Waals surface area contributed by atoms with Crippen molar-refractivity contribution in [3.05, 3.63) is 29.6 Å². The first-order chi connectivity index (χ1) is 8.66. The summed E-state index contributed by atoms with van der Waals surface area (Å²) in [7, 11) is 0. The summed E-state index contributed by atoms with van der Waals surface area (Å²) in [6.45, 7) is 2.59. The van der Waals surface area contributed by atoms with Crippen LogP contribution in [0.4, 0.5) is 0 Å². The highest BCUT2D eigenvalue weighted by molar-refractivity contribution is 7.80. The van der Waals surface area contributed by atoms with Gasteiger partial charge in [0.15, 0.2) is 0 Å². The van der Waals surface area contributed by atoms with E-state index in [1.165, 1.54) is 6.20 Å². The van der Waals surface area contributed by atoms with Crippen LogP contribution in [0.5, 0.6) is 0 Å². The minimum absolute atomic E-state index is 0.244. The molecule has 2 heterocycles. The zero-order valence-electron chi connectivity index (χ0n) is 9.76. The van der Waals surface area contributed by atoms with Crippen LogP contribution in [-0.4, -0.2) is 47.2 Å². The van der Waals surface area contributed by atoms with Gasteiger partial charge in [0.2, 0.25) is 0 Å². The molecule has 1 amide bonds. The predicted molar refractivity (Wildman–Crippen MR) is 70.0 cm³/mol. The van der Waals surface area contributed by atoms with Gasteiger partial charge < -0.3 is 10.5 Å². The van der Waals surface area contributed by atoms with Crippen molar-refractivity contribution >= 4 is 23.1 Å². The maximum atomic E-state index is 11.9. The van der Waals surface area contributed by atoms with Crippen LogP contribution in [0.15, 0.2) is 18.3 Å². The van der Waals surface area contributed by atoms with E-state index in [1.54, 1.807) is 12.1 Å². The lowest BCUT2D eigenvalue weighted by Crippen LogP contribution is -2.48. The van der Waals surface area contributed by atoms with Crippen LogP contribution in [0, 0.1) is 0 Å². The number of carbonyl (C=O) groups excluding carboxylic acids is 1. The van der Waals surface area contributed by atoms with Gasteiger partial charge in [0.1, 0.15) is 10.7 Å². The Kier molecular flexibility index (Phi) is 4.19. The maximum Gasteiger partial charge on any atom is 0.284 e. The second-order valence-corrected chi connectivity index (χ2v) is 4.28. The van der Waals surface area contributed by atoms with Crippen LogP contribution in [0.3, 0.4) is 0 Å². The van der Waals surface area contributed by atoms with Crippen molar-refractivity contribution in [2.75, 3.05) is 26.3 Å². The van der Waals surface area contributed by atoms with Crippen LogP contribution in [0.2, 0.25) is 0 Å². The molecule has 1 fully saturated rings. The Bertz CT molecular complexity index is 443. The van der Waals surface area contributed by atoms with E-state index in [2.05, 4.69) is 10.4 Å². The highest BCUT2D eigenvalue weighted by Gasteiger charge is 2.15. The molecule has 0 radical (unpaired) electrons. The molecule has 96 valence electrons. The van der Waals surface area contributed by atoms with Gasteiger partial charge in [-0.05, 0) is 12.1 Å². The lowest BCUT2D eigenvalue weighted by Gasteiger charge is -2.26. The molecule has 0 atom stereocenters. The van der Waals surface area contributed by atoms with Crippen LogP contribution < -0.4 is 11.2 Å². The first-order valence-corrected chi connectivity index (χ1v) is 5.97. The van der Waals surface area contributed by atoms with E-state index in [0.717, 1.165) is 0 Å². The van der Waals surface area contributed by atoms with Crippen molar-refractivity contribution in [1.29, 1.82) is 0 Å². The quantitative estimate of drug-likeness (QED) is 0.731. The van der Waals surface area contributed by atoms with E-state index >= 15 is 0 Å². The van der Waals surface area contributed by atoms with E-state index in [1.807, 2.05) is 5.01 Å². The van der Waals surface area contributed by atoms with Gasteiger partial charge in [-0.1, -0.05) is 12.2 Å². The largest absolute Gasteiger partial charge is 0.389 e. The summed E-state index contributed by atoms with van der Waals surface area (Å²) in [5, 5.41) is 1.81. The fourth-order valence-corrected chi connectivity index (χ4v) is 1.67. The molecule has 6 nitrogen and oxygen atoms in total. The molecule has 7 heteroatoms. The minimum Gasteiger partial charge on any atom is -0.389 e. The third-order valence-electron chi connectivity index (χ3n) is 2.55. The number of amides is 1. The molecule has 2 rings (SSSR count). The van der Waals surface area contributed by atoms with Gasteiger partial charge in [0.05, 0.1) is 13.2 Å². The Hall–Kier alpha value is -1.57. The van der Waals surface area contributed by atoms with Gasteiger partial charge in [-0.2, -0.15) is 0 Å². The normalized spacial score (nSPS) is 16.2. The van der Waals surface area contributed by atoms with Gasteiger partial charge in [-0.25, -0.2) is 5.01 Å². The van der Waals surface area contributed by atoms with E-state index in [-0.39, 0.29) is 10.9 Å². The van der Waals surface area contributed by atoms with Crippen molar-refractivity contribution in [1.82, 2.24) is 15.4 Å². The highest BCUT2D eigenvalue weighted by Crippen LogP contribution is 2.01. The molecule has 0 saturated carbocycles. The van der Waals surface area contributed by atoms with Crippen molar-refractivity contribution in [3.63, 3.8) is 0 Å². The molecule has 0 aliphatic carbocycles. The zero-order valence-corrected chi connectivity index (χ0v) is 10.6. The van der Waals surface area contributed by atoms with Crippen molar-refractivity contribution in [2.24, 2.45) is 5.73 Å². The third-order valence-corrected chi connectivity index (χ3v) is 2.79. The summed E-state index contributed by atoms with van der Waals surface area (Å²) in [5.41, 5.74) is 9.21. The Morgan fingerprint density at radius 2 is 2.17 bits per heavy atom. The average molecular weight is 266 g/mol. The summed E-state index contributed by atoms with van der Waals surface area (Å²) in [6.07, 6.45) is 1.50. The number of pyridine rings is 1. The third kappa shape index (κ3) is 3.22. The van der Waals surface area contributed by atoms with Crippen molar-refractivity contribution in [3.8, 4) is 0 Å². The van der Waals surface area contributed by atoms with Crippen molar-refractivity contribution in [2.45, 2.75) is 0 Å². The van der Waals surface area contributed by atoms with Crippen LogP contribution >= 0.6 is 12.2 Å². The number of hydrogen-bond acceptors (Lipinski definition) is 5. The Morgan fingerprint density at radius 1 is 1.44 bits per heavy atom. The summed E-state index contributed by atoms with van der Waals surface area (Å²) >= 11 is 4.82. The summed E-state index contributed by atoms with van der Waals surface area (Å²) in [5.74, 6) is -0.244. The SMILES string of the molecule is NC(=S)c1ccc(C(=O)NN2CCOCC2)nc1. The topological polar surface area (TPSA) is 80.5 Å². The van der Waals surface area contributed by atoms with E-state index < -0.39 is 0 Å². The number of hydrogen-bond donors (Lipinski definition) is 2. The number of aromatic nitrogens is 1. The maximum absolute atomic E-state index is 11.9. The number of ether oxygens (including phenoxy) is 1. The van der Waals surface area contributed by atoms with Gasteiger partial charge in [-0.15, -0.1) is 0 Å².